The van der Waals surface area contributed by atoms with Gasteiger partial charge in [-0.25, -0.2) is 15.0 Å². The highest BCUT2D eigenvalue weighted by Crippen LogP contribution is 2.42. The third-order valence-corrected chi connectivity index (χ3v) is 13.6. The van der Waals surface area contributed by atoms with Crippen LogP contribution in [0.4, 0.5) is 23.0 Å². The smallest absolute Gasteiger partial charge is 0.423 e. The van der Waals surface area contributed by atoms with Crippen molar-refractivity contribution in [2.75, 3.05) is 33.7 Å². The number of hydrogen-bond donors (Lipinski definition) is 2. The van der Waals surface area contributed by atoms with Crippen LogP contribution in [0.15, 0.2) is 122 Å². The van der Waals surface area contributed by atoms with Crippen molar-refractivity contribution >= 4 is 59.0 Å². The van der Waals surface area contributed by atoms with E-state index in [1.165, 1.54) is 25.7 Å². The number of likely N-dealkylation sites (N-methyl/N-ethyl adjacent to an activating group) is 2. The highest BCUT2D eigenvalue weighted by molar-refractivity contribution is 6.60. The molecule has 12 nitrogen and oxygen atoms in total. The van der Waals surface area contributed by atoms with Crippen LogP contribution < -0.4 is 25.1 Å². The summed E-state index contributed by atoms with van der Waals surface area (Å²) in [5.41, 5.74) is 7.21. The molecule has 2 amide bonds. The number of anilines is 4. The molecule has 10 rings (SSSR count). The van der Waals surface area contributed by atoms with Crippen LogP contribution in [0.3, 0.4) is 0 Å². The third kappa shape index (κ3) is 10.2. The Morgan fingerprint density at radius 1 is 0.582 bits per heavy atom. The summed E-state index contributed by atoms with van der Waals surface area (Å²) in [6.45, 7) is 4.14. The second kappa shape index (κ2) is 22.1. The Bertz CT molecular complexity index is 2610. The van der Waals surface area contributed by atoms with Crippen molar-refractivity contribution < 1.29 is 19.6 Å². The van der Waals surface area contributed by atoms with Gasteiger partial charge < -0.3 is 29.6 Å². The lowest BCUT2D eigenvalue weighted by molar-refractivity contribution is -0.120. The van der Waals surface area contributed by atoms with Gasteiger partial charge in [0.15, 0.2) is 17.5 Å². The van der Waals surface area contributed by atoms with Gasteiger partial charge in [0, 0.05) is 31.7 Å². The van der Waals surface area contributed by atoms with Gasteiger partial charge in [0.05, 0.1) is 12.4 Å². The summed E-state index contributed by atoms with van der Waals surface area (Å²) >= 11 is 5.97. The van der Waals surface area contributed by atoms with E-state index < -0.39 is 7.12 Å². The molecule has 2 aliphatic carbocycles. The van der Waals surface area contributed by atoms with Crippen LogP contribution in [0, 0.1) is 0 Å². The monoisotopic (exact) mass is 920 g/mol. The molecule has 0 unspecified atom stereocenters. The summed E-state index contributed by atoms with van der Waals surface area (Å²) in [6, 6.07) is 36.0. The zero-order chi connectivity index (χ0) is 46.3. The number of rotatable bonds is 8. The molecular formula is C53H62BClN8O4. The fourth-order valence-electron chi connectivity index (χ4n) is 10.0. The number of carbonyl (C=O) groups excluding carboxylic acids is 2. The average molecular weight is 921 g/mol. The fraction of sp³-hybridized carbons (Fsp3) is 0.358. The summed E-state index contributed by atoms with van der Waals surface area (Å²) in [7, 11) is 2.20. The van der Waals surface area contributed by atoms with Crippen molar-refractivity contribution in [1.82, 2.24) is 19.9 Å². The van der Waals surface area contributed by atoms with Gasteiger partial charge in [0.2, 0.25) is 17.1 Å². The Kier molecular flexibility index (Phi) is 16.1. The lowest BCUT2D eigenvalue weighted by Gasteiger charge is -2.43. The molecule has 4 aliphatic rings. The van der Waals surface area contributed by atoms with E-state index in [-0.39, 0.29) is 36.6 Å². The van der Waals surface area contributed by atoms with Crippen LogP contribution in [0.25, 0.3) is 33.6 Å². The summed E-state index contributed by atoms with van der Waals surface area (Å²) in [4.78, 5) is 51.8. The molecule has 4 heterocycles. The molecule has 2 fully saturated rings. The largest absolute Gasteiger partial charge is 0.489 e. The molecule has 2 aromatic heterocycles. The quantitative estimate of drug-likeness (QED) is 0.112. The number of aromatic nitrogens is 4. The molecule has 0 spiro atoms. The van der Waals surface area contributed by atoms with Crippen LogP contribution in [0.2, 0.25) is 5.28 Å². The number of nitrogens with zero attached hydrogens (tertiary/aromatic N) is 8. The maximum atomic E-state index is 13.1. The zero-order valence-corrected chi connectivity index (χ0v) is 38.9. The topological polar surface area (TPSA) is 139 Å². The molecule has 2 saturated carbocycles. The number of hydrogen-bond acceptors (Lipinski definition) is 10. The van der Waals surface area contributed by atoms with Gasteiger partial charge in [0.1, 0.15) is 23.5 Å². The number of benzene rings is 4. The Labute approximate surface area is 400 Å². The van der Waals surface area contributed by atoms with E-state index in [1.54, 1.807) is 35.2 Å². The van der Waals surface area contributed by atoms with E-state index >= 15 is 0 Å². The van der Waals surface area contributed by atoms with Crippen LogP contribution in [-0.4, -0.2) is 87.2 Å². The highest BCUT2D eigenvalue weighted by Gasteiger charge is 2.42. The van der Waals surface area contributed by atoms with E-state index in [0.29, 0.717) is 23.4 Å². The normalized spacial score (nSPS) is 18.0. The van der Waals surface area contributed by atoms with Crippen molar-refractivity contribution in [2.24, 2.45) is 0 Å². The van der Waals surface area contributed by atoms with E-state index in [1.807, 2.05) is 86.9 Å². The van der Waals surface area contributed by atoms with E-state index in [4.69, 9.17) is 21.6 Å². The van der Waals surface area contributed by atoms with Gasteiger partial charge in [-0.3, -0.25) is 9.59 Å². The molecule has 14 heteroatoms. The minimum Gasteiger partial charge on any atom is -0.423 e. The average Bonchev–Trinajstić information content (AvgIpc) is 4.11. The molecule has 2 N–H and O–H groups in total. The predicted octanol–water partition coefficient (Wildman–Crippen LogP) is 9.62. The molecule has 348 valence electrons. The Morgan fingerprint density at radius 3 is 1.49 bits per heavy atom. The minimum absolute atomic E-state index is 0. The zero-order valence-electron chi connectivity index (χ0n) is 38.2. The van der Waals surface area contributed by atoms with Crippen LogP contribution in [0.5, 0.6) is 0 Å². The van der Waals surface area contributed by atoms with Gasteiger partial charge in [-0.15, -0.1) is 0 Å². The first-order chi connectivity index (χ1) is 32.1. The third-order valence-electron chi connectivity index (χ3n) is 13.4. The summed E-state index contributed by atoms with van der Waals surface area (Å²) in [6.07, 6.45) is 14.4. The van der Waals surface area contributed by atoms with Crippen molar-refractivity contribution in [1.29, 1.82) is 0 Å². The molecule has 2 aliphatic heterocycles. The van der Waals surface area contributed by atoms with Gasteiger partial charge in [-0.1, -0.05) is 156 Å². The Balaban J connectivity index is 0.000000160. The summed E-state index contributed by atoms with van der Waals surface area (Å²) < 4.78 is 0. The van der Waals surface area contributed by atoms with Gasteiger partial charge in [0.25, 0.3) is 0 Å². The molecule has 67 heavy (non-hydrogen) atoms. The van der Waals surface area contributed by atoms with Crippen LogP contribution in [0.1, 0.15) is 85.5 Å². The first kappa shape index (κ1) is 48.8. The molecule has 0 saturated heterocycles. The van der Waals surface area contributed by atoms with Crippen molar-refractivity contribution in [2.45, 2.75) is 110 Å². The first-order valence-electron chi connectivity index (χ1n) is 23.3. The lowest BCUT2D eigenvalue weighted by atomic mass is 9.75. The van der Waals surface area contributed by atoms with Crippen LogP contribution >= 0.6 is 11.6 Å². The molecule has 4 aromatic carbocycles. The maximum absolute atomic E-state index is 13.1. The summed E-state index contributed by atoms with van der Waals surface area (Å²) in [5.74, 6) is 2.68. The number of fused-ring (bicyclic) bond motifs is 2. The maximum Gasteiger partial charge on any atom is 0.489 e. The Morgan fingerprint density at radius 2 is 1.00 bits per heavy atom. The van der Waals surface area contributed by atoms with Crippen LogP contribution in [-0.2, 0) is 9.59 Å². The molecule has 6 aromatic rings. The minimum atomic E-state index is -1.43. The molecule has 0 bridgehead atoms. The molecule has 0 radical (unpaired) electrons. The second-order valence-electron chi connectivity index (χ2n) is 17.3. The summed E-state index contributed by atoms with van der Waals surface area (Å²) in [5, 5.41) is 18.7. The highest BCUT2D eigenvalue weighted by atomic mass is 35.5. The number of amides is 2. The molecular weight excluding hydrogens is 859 g/mol. The number of halogens is 1. The van der Waals surface area contributed by atoms with Crippen molar-refractivity contribution in [3.8, 4) is 33.6 Å². The Hall–Kier alpha value is -6.15. The first-order valence-corrected chi connectivity index (χ1v) is 23.7. The van der Waals surface area contributed by atoms with E-state index in [0.717, 1.165) is 89.4 Å². The van der Waals surface area contributed by atoms with Crippen molar-refractivity contribution in [3.05, 3.63) is 127 Å². The standard InChI is InChI=1S/C26H28N4O.C14H19ClN4O.C12H11BO2.CH4/c1-3-22-26(31)29(2)23-17-27-24(28-25(23)30(22)19-13-7-8-14-19)21-16-10-9-15-20(21)18-11-5-4-6-12-18;1-3-10-13(20)18(2)11-8-16-14(15)17-12(11)19(10)9-6-4-5-7-9;14-13(15)12-9-5-4-8-11(12)10-6-2-1-3-7-10;/h4-6,9-12,15-17,19,22H,3,7-8,13-14H2,1-2H3;8-10H,3-7H2,1-2H3;1-9,14-15H;1H4/t22-;10-;;/m11../s1. The fourth-order valence-corrected chi connectivity index (χ4v) is 10.2. The van der Waals surface area contributed by atoms with Gasteiger partial charge in [-0.05, 0) is 77.8 Å². The lowest BCUT2D eigenvalue weighted by Crippen LogP contribution is -2.55. The second-order valence-corrected chi connectivity index (χ2v) is 17.7. The SMILES string of the molecule is C.CC[C@@H]1C(=O)N(C)c2cnc(-c3ccccc3-c3ccccc3)nc2N1C1CCCC1.CC[C@@H]1C(=O)N(C)c2cnc(Cl)nc2N1C1CCCC1.OB(O)c1ccccc1-c1ccccc1. The van der Waals surface area contributed by atoms with Gasteiger partial charge in [-0.2, -0.15) is 4.98 Å². The predicted molar refractivity (Wildman–Crippen MR) is 273 cm³/mol. The van der Waals surface area contributed by atoms with Crippen molar-refractivity contribution in [3.63, 3.8) is 0 Å². The number of carbonyl (C=O) groups is 2. The van der Waals surface area contributed by atoms with Gasteiger partial charge >= 0.3 is 7.12 Å². The van der Waals surface area contributed by atoms with E-state index in [2.05, 4.69) is 57.0 Å². The van der Waals surface area contributed by atoms with E-state index in [9.17, 15) is 19.6 Å². The molecule has 2 atom stereocenters.